The molecule has 0 saturated carbocycles. The molecule has 214 valence electrons. The smallest absolute Gasteiger partial charge is 0.337 e. The molecular weight excluding hydrogens is 540 g/mol. The summed E-state index contributed by atoms with van der Waals surface area (Å²) in [5, 5.41) is 5.87. The van der Waals surface area contributed by atoms with E-state index in [-0.39, 0.29) is 16.9 Å². The number of rotatable bonds is 9. The number of nitrogens with zero attached hydrogens (tertiary/aromatic N) is 2. The van der Waals surface area contributed by atoms with Gasteiger partial charge in [0.05, 0.1) is 30.7 Å². The van der Waals surface area contributed by atoms with Crippen LogP contribution in [0.4, 0.5) is 11.4 Å². The third kappa shape index (κ3) is 7.82. The fourth-order valence-electron chi connectivity index (χ4n) is 4.46. The van der Waals surface area contributed by atoms with Crippen LogP contribution in [0.5, 0.6) is 5.75 Å². The van der Waals surface area contributed by atoms with E-state index < -0.39 is 5.97 Å². The Balaban J connectivity index is 1.45. The minimum atomic E-state index is -0.493. The number of hydrogen-bond acceptors (Lipinski definition) is 7. The summed E-state index contributed by atoms with van der Waals surface area (Å²) in [5.41, 5.74) is 2.73. The van der Waals surface area contributed by atoms with Crippen LogP contribution in [0.15, 0.2) is 72.8 Å². The van der Waals surface area contributed by atoms with Gasteiger partial charge in [0.2, 0.25) is 0 Å². The van der Waals surface area contributed by atoms with Crippen molar-refractivity contribution >= 4 is 46.5 Å². The summed E-state index contributed by atoms with van der Waals surface area (Å²) in [6.45, 7) is 4.88. The van der Waals surface area contributed by atoms with E-state index in [1.165, 1.54) is 7.11 Å². The number of methoxy groups -OCH3 is 1. The van der Waals surface area contributed by atoms with E-state index in [0.717, 1.165) is 18.5 Å². The Labute approximate surface area is 245 Å². The lowest BCUT2D eigenvalue weighted by molar-refractivity contribution is 0.0600. The van der Waals surface area contributed by atoms with Crippen molar-refractivity contribution in [3.63, 3.8) is 0 Å². The first-order valence-corrected chi connectivity index (χ1v) is 14.0. The van der Waals surface area contributed by atoms with Crippen molar-refractivity contribution in [2.45, 2.75) is 19.8 Å². The van der Waals surface area contributed by atoms with Crippen molar-refractivity contribution in [3.8, 4) is 5.75 Å². The fraction of sp³-hybridized carbons (Fsp3) is 0.290. The Hall–Kier alpha value is -4.44. The van der Waals surface area contributed by atoms with Crippen LogP contribution in [-0.2, 0) is 4.74 Å². The minimum Gasteiger partial charge on any atom is -0.494 e. The Kier molecular flexibility index (Phi) is 10.3. The number of piperazine rings is 1. The van der Waals surface area contributed by atoms with Crippen molar-refractivity contribution in [2.75, 3.05) is 50.1 Å². The fourth-order valence-corrected chi connectivity index (χ4v) is 4.66. The third-order valence-corrected chi connectivity index (χ3v) is 6.89. The van der Waals surface area contributed by atoms with Crippen LogP contribution in [0.3, 0.4) is 0 Å². The topological polar surface area (TPSA) is 100 Å². The Morgan fingerprint density at radius 1 is 0.878 bits per heavy atom. The normalized spacial score (nSPS) is 12.8. The molecule has 2 N–H and O–H groups in total. The van der Waals surface area contributed by atoms with Crippen molar-refractivity contribution in [2.24, 2.45) is 0 Å². The van der Waals surface area contributed by atoms with Crippen molar-refractivity contribution in [1.29, 1.82) is 0 Å². The summed E-state index contributed by atoms with van der Waals surface area (Å²) < 4.78 is 10.6. The molecule has 3 aromatic rings. The Morgan fingerprint density at radius 3 is 2.32 bits per heavy atom. The highest BCUT2D eigenvalue weighted by atomic mass is 32.1. The number of unbranched alkanes of at least 4 members (excludes halogenated alkanes) is 1. The number of amides is 2. The van der Waals surface area contributed by atoms with E-state index in [2.05, 4.69) is 22.5 Å². The van der Waals surface area contributed by atoms with Gasteiger partial charge >= 0.3 is 5.97 Å². The molecule has 0 spiro atoms. The van der Waals surface area contributed by atoms with Crippen LogP contribution in [-0.4, -0.2) is 67.7 Å². The van der Waals surface area contributed by atoms with Gasteiger partial charge in [0, 0.05) is 37.3 Å². The summed E-state index contributed by atoms with van der Waals surface area (Å²) in [7, 11) is 1.32. The van der Waals surface area contributed by atoms with Crippen molar-refractivity contribution in [1.82, 2.24) is 10.2 Å². The maximum absolute atomic E-state index is 12.9. The van der Waals surface area contributed by atoms with E-state index in [9.17, 15) is 14.4 Å². The van der Waals surface area contributed by atoms with Gasteiger partial charge in [-0.3, -0.25) is 14.9 Å². The molecule has 0 bridgehead atoms. The zero-order valence-corrected chi connectivity index (χ0v) is 24.0. The summed E-state index contributed by atoms with van der Waals surface area (Å²) in [6.07, 6.45) is 1.94. The number of benzene rings is 3. The number of carbonyl (C=O) groups excluding carboxylic acids is 3. The first kappa shape index (κ1) is 29.5. The maximum atomic E-state index is 12.9. The Bertz CT molecular complexity index is 1390. The van der Waals surface area contributed by atoms with E-state index in [4.69, 9.17) is 21.7 Å². The lowest BCUT2D eigenvalue weighted by Gasteiger charge is -2.37. The van der Waals surface area contributed by atoms with Gasteiger partial charge in [0.15, 0.2) is 5.11 Å². The van der Waals surface area contributed by atoms with Gasteiger partial charge in [0.1, 0.15) is 5.75 Å². The average Bonchev–Trinajstić information content (AvgIpc) is 3.01. The molecule has 1 saturated heterocycles. The van der Waals surface area contributed by atoms with Crippen LogP contribution in [0.25, 0.3) is 0 Å². The zero-order valence-electron chi connectivity index (χ0n) is 23.2. The quantitative estimate of drug-likeness (QED) is 0.215. The van der Waals surface area contributed by atoms with Crippen LogP contribution in [0, 0.1) is 0 Å². The molecule has 2 amide bonds. The first-order valence-electron chi connectivity index (χ1n) is 13.6. The van der Waals surface area contributed by atoms with Crippen LogP contribution < -0.4 is 20.3 Å². The number of nitrogens with one attached hydrogen (secondary N) is 2. The predicted molar refractivity (Wildman–Crippen MR) is 163 cm³/mol. The standard InChI is InChI=1S/C31H34N4O5S/c1-3-4-19-40-25-12-8-11-23(20-25)28(36)33-31(41)32-26-21-24(30(38)39-2)13-14-27(26)34-15-17-35(18-16-34)29(37)22-9-6-5-7-10-22/h5-14,20-21H,3-4,15-19H2,1-2H3,(H2,32,33,36,41). The molecule has 0 atom stereocenters. The number of esters is 1. The summed E-state index contributed by atoms with van der Waals surface area (Å²) in [6, 6.07) is 21.3. The third-order valence-electron chi connectivity index (χ3n) is 6.68. The van der Waals surface area contributed by atoms with Gasteiger partial charge in [-0.05, 0) is 67.2 Å². The van der Waals surface area contributed by atoms with Crippen LogP contribution in [0.1, 0.15) is 50.8 Å². The number of ether oxygens (including phenoxy) is 2. The molecule has 0 aromatic heterocycles. The number of thiocarbonyl (C=S) groups is 1. The predicted octanol–water partition coefficient (Wildman–Crippen LogP) is 4.74. The molecule has 1 fully saturated rings. The SMILES string of the molecule is CCCCOc1cccc(C(=O)NC(=S)Nc2cc(C(=O)OC)ccc2N2CCN(C(=O)c3ccccc3)CC2)c1. The largest absolute Gasteiger partial charge is 0.494 e. The molecule has 9 nitrogen and oxygen atoms in total. The van der Waals surface area contributed by atoms with E-state index in [1.54, 1.807) is 36.4 Å². The second-order valence-electron chi connectivity index (χ2n) is 9.51. The molecule has 41 heavy (non-hydrogen) atoms. The molecule has 0 aliphatic carbocycles. The highest BCUT2D eigenvalue weighted by Gasteiger charge is 2.24. The van der Waals surface area contributed by atoms with E-state index in [0.29, 0.717) is 60.9 Å². The molecule has 4 rings (SSSR count). The summed E-state index contributed by atoms with van der Waals surface area (Å²) >= 11 is 5.47. The molecule has 1 aliphatic heterocycles. The first-order chi connectivity index (χ1) is 19.9. The number of hydrogen-bond donors (Lipinski definition) is 2. The summed E-state index contributed by atoms with van der Waals surface area (Å²) in [4.78, 5) is 42.0. The lowest BCUT2D eigenvalue weighted by atomic mass is 10.1. The van der Waals surface area contributed by atoms with Crippen molar-refractivity contribution in [3.05, 3.63) is 89.5 Å². The molecule has 0 radical (unpaired) electrons. The molecule has 1 heterocycles. The van der Waals surface area contributed by atoms with Gasteiger partial charge in [-0.2, -0.15) is 0 Å². The molecule has 0 unspecified atom stereocenters. The van der Waals surface area contributed by atoms with Gasteiger partial charge < -0.3 is 24.6 Å². The number of anilines is 2. The van der Waals surface area contributed by atoms with E-state index >= 15 is 0 Å². The second-order valence-corrected chi connectivity index (χ2v) is 9.92. The molecular formula is C31H34N4O5S. The summed E-state index contributed by atoms with van der Waals surface area (Å²) in [5.74, 6) is -0.272. The van der Waals surface area contributed by atoms with Crippen molar-refractivity contribution < 1.29 is 23.9 Å². The van der Waals surface area contributed by atoms with Gasteiger partial charge in [-0.1, -0.05) is 37.6 Å². The van der Waals surface area contributed by atoms with Crippen LogP contribution in [0.2, 0.25) is 0 Å². The van der Waals surface area contributed by atoms with Crippen LogP contribution >= 0.6 is 12.2 Å². The second kappa shape index (κ2) is 14.3. The molecule has 1 aliphatic rings. The highest BCUT2D eigenvalue weighted by Crippen LogP contribution is 2.29. The number of carbonyl (C=O) groups is 3. The monoisotopic (exact) mass is 574 g/mol. The zero-order chi connectivity index (χ0) is 29.2. The molecule has 3 aromatic carbocycles. The average molecular weight is 575 g/mol. The van der Waals surface area contributed by atoms with Gasteiger partial charge in [0.25, 0.3) is 11.8 Å². The minimum absolute atomic E-state index is 0.00615. The highest BCUT2D eigenvalue weighted by molar-refractivity contribution is 7.80. The molecule has 10 heteroatoms. The Morgan fingerprint density at radius 2 is 1.61 bits per heavy atom. The van der Waals surface area contributed by atoms with Gasteiger partial charge in [-0.15, -0.1) is 0 Å². The lowest BCUT2D eigenvalue weighted by Crippen LogP contribution is -2.49. The van der Waals surface area contributed by atoms with Gasteiger partial charge in [-0.25, -0.2) is 4.79 Å². The maximum Gasteiger partial charge on any atom is 0.337 e. The van der Waals surface area contributed by atoms with E-state index in [1.807, 2.05) is 41.3 Å².